The minimum absolute atomic E-state index is 0.114. The Balaban J connectivity index is 2.91. The van der Waals surface area contributed by atoms with Gasteiger partial charge in [0.1, 0.15) is 0 Å². The van der Waals surface area contributed by atoms with E-state index < -0.39 is 0 Å². The standard InChI is InChI=1S/C15H22FNO/c1-5-11(3)9-14(17-6-2)12-7-8-15(18-4)13(16)10-12/h7-8,10,14,17H,3,5-6,9H2,1-2,4H3. The van der Waals surface area contributed by atoms with Crippen LogP contribution in [-0.2, 0) is 0 Å². The van der Waals surface area contributed by atoms with Gasteiger partial charge in [0.05, 0.1) is 7.11 Å². The Morgan fingerprint density at radius 1 is 1.44 bits per heavy atom. The number of methoxy groups -OCH3 is 1. The van der Waals surface area contributed by atoms with Crippen molar-refractivity contribution in [2.75, 3.05) is 13.7 Å². The average Bonchev–Trinajstić information content (AvgIpc) is 2.38. The van der Waals surface area contributed by atoms with E-state index in [9.17, 15) is 4.39 Å². The minimum atomic E-state index is -0.319. The SMILES string of the molecule is C=C(CC)CC(NCC)c1ccc(OC)c(F)c1. The summed E-state index contributed by atoms with van der Waals surface area (Å²) in [4.78, 5) is 0. The molecular weight excluding hydrogens is 229 g/mol. The van der Waals surface area contributed by atoms with Crippen molar-refractivity contribution in [3.63, 3.8) is 0 Å². The molecule has 0 aliphatic rings. The molecule has 0 saturated carbocycles. The molecule has 2 nitrogen and oxygen atoms in total. The van der Waals surface area contributed by atoms with Gasteiger partial charge >= 0.3 is 0 Å². The van der Waals surface area contributed by atoms with Gasteiger partial charge in [-0.25, -0.2) is 4.39 Å². The summed E-state index contributed by atoms with van der Waals surface area (Å²) in [5.74, 6) is -0.0386. The molecule has 0 radical (unpaired) electrons. The van der Waals surface area contributed by atoms with E-state index in [1.165, 1.54) is 13.2 Å². The van der Waals surface area contributed by atoms with Crippen molar-refractivity contribution in [1.82, 2.24) is 5.32 Å². The lowest BCUT2D eigenvalue weighted by Crippen LogP contribution is -2.21. The highest BCUT2D eigenvalue weighted by Gasteiger charge is 2.13. The summed E-state index contributed by atoms with van der Waals surface area (Å²) in [6.07, 6.45) is 1.77. The van der Waals surface area contributed by atoms with Crippen molar-refractivity contribution >= 4 is 0 Å². The first-order chi connectivity index (χ1) is 8.62. The summed E-state index contributed by atoms with van der Waals surface area (Å²) >= 11 is 0. The van der Waals surface area contributed by atoms with E-state index in [1.807, 2.05) is 13.0 Å². The second-order valence-electron chi connectivity index (χ2n) is 4.31. The fourth-order valence-electron chi connectivity index (χ4n) is 1.89. The largest absolute Gasteiger partial charge is 0.494 e. The minimum Gasteiger partial charge on any atom is -0.494 e. The lowest BCUT2D eigenvalue weighted by molar-refractivity contribution is 0.385. The summed E-state index contributed by atoms with van der Waals surface area (Å²) in [7, 11) is 1.47. The molecule has 1 aromatic rings. The molecule has 0 aliphatic heterocycles. The first-order valence-electron chi connectivity index (χ1n) is 6.35. The molecule has 0 saturated heterocycles. The highest BCUT2D eigenvalue weighted by molar-refractivity contribution is 5.31. The molecule has 1 N–H and O–H groups in total. The second-order valence-corrected chi connectivity index (χ2v) is 4.31. The van der Waals surface area contributed by atoms with E-state index >= 15 is 0 Å². The third kappa shape index (κ3) is 3.84. The predicted molar refractivity (Wildman–Crippen MR) is 73.4 cm³/mol. The number of hydrogen-bond acceptors (Lipinski definition) is 2. The zero-order valence-corrected chi connectivity index (χ0v) is 11.4. The Morgan fingerprint density at radius 2 is 2.17 bits per heavy atom. The van der Waals surface area contributed by atoms with E-state index in [-0.39, 0.29) is 17.6 Å². The number of benzene rings is 1. The van der Waals surface area contributed by atoms with Gasteiger partial charge in [0.15, 0.2) is 11.6 Å². The molecule has 18 heavy (non-hydrogen) atoms. The van der Waals surface area contributed by atoms with E-state index in [0.717, 1.165) is 30.5 Å². The van der Waals surface area contributed by atoms with Crippen LogP contribution in [0.15, 0.2) is 30.4 Å². The van der Waals surface area contributed by atoms with Crippen LogP contribution in [0.5, 0.6) is 5.75 Å². The second kappa shape index (κ2) is 7.17. The van der Waals surface area contributed by atoms with Crippen molar-refractivity contribution in [2.24, 2.45) is 0 Å². The van der Waals surface area contributed by atoms with Crippen LogP contribution in [0.25, 0.3) is 0 Å². The quantitative estimate of drug-likeness (QED) is 0.743. The third-order valence-electron chi connectivity index (χ3n) is 3.02. The van der Waals surface area contributed by atoms with Crippen molar-refractivity contribution in [3.8, 4) is 5.75 Å². The normalized spacial score (nSPS) is 12.2. The van der Waals surface area contributed by atoms with Crippen LogP contribution >= 0.6 is 0 Å². The van der Waals surface area contributed by atoms with Gasteiger partial charge in [-0.3, -0.25) is 0 Å². The predicted octanol–water partition coefficient (Wildman–Crippen LogP) is 3.84. The first-order valence-corrected chi connectivity index (χ1v) is 6.35. The summed E-state index contributed by atoms with van der Waals surface area (Å²) in [5, 5.41) is 3.36. The third-order valence-corrected chi connectivity index (χ3v) is 3.02. The number of hydrogen-bond donors (Lipinski definition) is 1. The molecule has 1 unspecified atom stereocenters. The number of ether oxygens (including phenoxy) is 1. The van der Waals surface area contributed by atoms with Gasteiger partial charge in [-0.2, -0.15) is 0 Å². The van der Waals surface area contributed by atoms with Crippen molar-refractivity contribution in [1.29, 1.82) is 0 Å². The molecule has 0 aromatic heterocycles. The van der Waals surface area contributed by atoms with Crippen molar-refractivity contribution < 1.29 is 9.13 Å². The van der Waals surface area contributed by atoms with Crippen LogP contribution in [0.3, 0.4) is 0 Å². The Hall–Kier alpha value is -1.35. The van der Waals surface area contributed by atoms with E-state index in [4.69, 9.17) is 4.74 Å². The van der Waals surface area contributed by atoms with Gasteiger partial charge < -0.3 is 10.1 Å². The molecule has 1 rings (SSSR count). The molecular formula is C15H22FNO. The zero-order valence-electron chi connectivity index (χ0n) is 11.4. The van der Waals surface area contributed by atoms with E-state index in [0.29, 0.717) is 0 Å². The number of halogens is 1. The maximum absolute atomic E-state index is 13.7. The van der Waals surface area contributed by atoms with Crippen molar-refractivity contribution in [3.05, 3.63) is 41.7 Å². The Kier molecular flexibility index (Phi) is 5.86. The lowest BCUT2D eigenvalue weighted by Gasteiger charge is -2.19. The highest BCUT2D eigenvalue weighted by atomic mass is 19.1. The molecule has 0 aliphatic carbocycles. The van der Waals surface area contributed by atoms with Gasteiger partial charge in [-0.1, -0.05) is 32.1 Å². The molecule has 1 aromatic carbocycles. The van der Waals surface area contributed by atoms with Crippen LogP contribution in [0.4, 0.5) is 4.39 Å². The summed E-state index contributed by atoms with van der Waals surface area (Å²) in [5.41, 5.74) is 2.10. The smallest absolute Gasteiger partial charge is 0.165 e. The average molecular weight is 251 g/mol. The molecule has 0 fully saturated rings. The van der Waals surface area contributed by atoms with Crippen LogP contribution in [0.2, 0.25) is 0 Å². The molecule has 0 amide bonds. The fourth-order valence-corrected chi connectivity index (χ4v) is 1.89. The monoisotopic (exact) mass is 251 g/mol. The summed E-state index contributed by atoms with van der Waals surface area (Å²) in [6.45, 7) is 8.99. The number of rotatable bonds is 7. The maximum atomic E-state index is 13.7. The Labute approximate surface area is 109 Å². The van der Waals surface area contributed by atoms with Crippen LogP contribution in [0, 0.1) is 5.82 Å². The summed E-state index contributed by atoms with van der Waals surface area (Å²) < 4.78 is 18.6. The zero-order chi connectivity index (χ0) is 13.5. The van der Waals surface area contributed by atoms with E-state index in [2.05, 4.69) is 18.8 Å². The Morgan fingerprint density at radius 3 is 2.67 bits per heavy atom. The van der Waals surface area contributed by atoms with Gasteiger partial charge in [0.25, 0.3) is 0 Å². The van der Waals surface area contributed by atoms with Gasteiger partial charge in [-0.05, 0) is 37.1 Å². The molecule has 1 atom stereocenters. The van der Waals surface area contributed by atoms with Crippen LogP contribution < -0.4 is 10.1 Å². The number of nitrogens with one attached hydrogen (secondary N) is 1. The first kappa shape index (κ1) is 14.7. The highest BCUT2D eigenvalue weighted by Crippen LogP contribution is 2.26. The van der Waals surface area contributed by atoms with Gasteiger partial charge in [0.2, 0.25) is 0 Å². The van der Waals surface area contributed by atoms with Crippen LogP contribution in [-0.4, -0.2) is 13.7 Å². The maximum Gasteiger partial charge on any atom is 0.165 e. The van der Waals surface area contributed by atoms with E-state index in [1.54, 1.807) is 6.07 Å². The molecule has 0 spiro atoms. The molecule has 3 heteroatoms. The molecule has 0 heterocycles. The molecule has 100 valence electrons. The summed E-state index contributed by atoms with van der Waals surface area (Å²) in [6, 6.07) is 5.22. The Bertz CT molecular complexity index is 403. The van der Waals surface area contributed by atoms with Gasteiger partial charge in [-0.15, -0.1) is 0 Å². The molecule has 0 bridgehead atoms. The fraction of sp³-hybridized carbons (Fsp3) is 0.467. The van der Waals surface area contributed by atoms with Crippen molar-refractivity contribution in [2.45, 2.75) is 32.7 Å². The lowest BCUT2D eigenvalue weighted by atomic mass is 9.98. The topological polar surface area (TPSA) is 21.3 Å². The van der Waals surface area contributed by atoms with Crippen LogP contribution in [0.1, 0.15) is 38.3 Å². The van der Waals surface area contributed by atoms with Gasteiger partial charge in [0, 0.05) is 6.04 Å².